The van der Waals surface area contributed by atoms with Gasteiger partial charge in [-0.1, -0.05) is 166 Å². The molecule has 0 aromatic heterocycles. The lowest BCUT2D eigenvalue weighted by atomic mass is 9.95. The van der Waals surface area contributed by atoms with Crippen molar-refractivity contribution in [2.24, 2.45) is 53.1 Å². The molecular weight excluding hydrogens is 1350 g/mol. The second kappa shape index (κ2) is 43.8. The second-order valence-corrected chi connectivity index (χ2v) is 30.2. The molecule has 590 valence electrons. The number of benzene rings is 1. The van der Waals surface area contributed by atoms with E-state index in [9.17, 15) is 62.6 Å². The van der Waals surface area contributed by atoms with Gasteiger partial charge < -0.3 is 84.3 Å². The van der Waals surface area contributed by atoms with E-state index in [1.54, 1.807) is 127 Å². The molecule has 30 nitrogen and oxygen atoms in total. The number of carbonyl (C=O) groups is 14. The molecule has 2 saturated heterocycles. The van der Waals surface area contributed by atoms with E-state index >= 15 is 9.59 Å². The van der Waals surface area contributed by atoms with E-state index in [1.807, 2.05) is 13.8 Å². The Morgan fingerprint density at radius 2 is 1.15 bits per heavy atom. The molecule has 13 amide bonds. The molecule has 0 spiro atoms. The number of rotatable bonds is 33. The number of likely N-dealkylation sites (tertiary alicyclic amines) is 1. The first-order valence-electron chi connectivity index (χ1n) is 37.5. The summed E-state index contributed by atoms with van der Waals surface area (Å²) in [6.45, 7) is 31.8. The first-order valence-corrected chi connectivity index (χ1v) is 37.5. The second-order valence-electron chi connectivity index (χ2n) is 30.2. The Morgan fingerprint density at radius 3 is 1.69 bits per heavy atom. The van der Waals surface area contributed by atoms with Crippen LogP contribution in [0.2, 0.25) is 0 Å². The van der Waals surface area contributed by atoms with Gasteiger partial charge in [0.2, 0.25) is 70.9 Å². The monoisotopic (exact) mass is 1480 g/mol. The van der Waals surface area contributed by atoms with Crippen LogP contribution in [0.15, 0.2) is 42.1 Å². The van der Waals surface area contributed by atoms with E-state index in [-0.39, 0.29) is 63.2 Å². The molecule has 0 radical (unpaired) electrons. The zero-order valence-electron chi connectivity index (χ0n) is 65.2. The normalized spacial score (nSPS) is 22.6. The largest absolute Gasteiger partial charge is 0.458 e. The number of ether oxygens (including phenoxy) is 1. The van der Waals surface area contributed by atoms with Crippen LogP contribution in [0.4, 0.5) is 0 Å². The van der Waals surface area contributed by atoms with Crippen molar-refractivity contribution >= 4 is 82.8 Å². The van der Waals surface area contributed by atoms with Crippen LogP contribution >= 0.6 is 0 Å². The van der Waals surface area contributed by atoms with Gasteiger partial charge in [0.1, 0.15) is 84.3 Å². The summed E-state index contributed by atoms with van der Waals surface area (Å²) in [6.07, 6.45) is 1.02. The van der Waals surface area contributed by atoms with Crippen LogP contribution < -0.4 is 69.5 Å². The number of cyclic esters (lactones) is 1. The average Bonchev–Trinajstić information content (AvgIpc) is 1.79. The molecular formula is C75H124N14O16. The number of nitrogens with two attached hydrogens (primary N) is 1. The molecule has 0 saturated carbocycles. The minimum absolute atomic E-state index is 0.0355. The summed E-state index contributed by atoms with van der Waals surface area (Å²) >= 11 is 0. The Morgan fingerprint density at radius 1 is 0.610 bits per heavy atom. The fourth-order valence-corrected chi connectivity index (χ4v) is 12.1. The van der Waals surface area contributed by atoms with Gasteiger partial charge in [-0.25, -0.2) is 4.79 Å². The Kier molecular flexibility index (Phi) is 37.8. The van der Waals surface area contributed by atoms with E-state index in [1.165, 1.54) is 31.7 Å². The van der Waals surface area contributed by atoms with Gasteiger partial charge in [0.15, 0.2) is 0 Å². The van der Waals surface area contributed by atoms with Crippen molar-refractivity contribution in [3.63, 3.8) is 0 Å². The molecule has 3 rings (SSSR count). The maximum Gasteiger partial charge on any atom is 0.329 e. The third kappa shape index (κ3) is 27.7. The van der Waals surface area contributed by atoms with Crippen molar-refractivity contribution in [2.45, 2.75) is 280 Å². The Hall–Kier alpha value is -8.54. The van der Waals surface area contributed by atoms with Gasteiger partial charge >= 0.3 is 5.97 Å². The predicted molar refractivity (Wildman–Crippen MR) is 395 cm³/mol. The van der Waals surface area contributed by atoms with Crippen LogP contribution in [0.5, 0.6) is 0 Å². The molecule has 16 atom stereocenters. The van der Waals surface area contributed by atoms with Crippen LogP contribution in [-0.4, -0.2) is 191 Å². The summed E-state index contributed by atoms with van der Waals surface area (Å²) in [5.41, 5.74) is 6.34. The summed E-state index contributed by atoms with van der Waals surface area (Å²) in [5, 5.41) is 43.2. The fraction of sp³-hybridized carbons (Fsp3) is 0.707. The number of nitrogens with one attached hydrogen (secondary N) is 12. The predicted octanol–water partition coefficient (Wildman–Crippen LogP) is 1.84. The fourth-order valence-electron chi connectivity index (χ4n) is 12.1. The molecule has 0 aliphatic carbocycles. The van der Waals surface area contributed by atoms with E-state index in [4.69, 9.17) is 10.5 Å². The molecule has 15 N–H and O–H groups in total. The minimum atomic E-state index is -1.83. The number of aliphatic hydroxyl groups excluding tert-OH is 1. The first kappa shape index (κ1) is 90.7. The summed E-state index contributed by atoms with van der Waals surface area (Å²) in [7, 11) is 0. The maximum absolute atomic E-state index is 15.0. The van der Waals surface area contributed by atoms with Gasteiger partial charge in [0.05, 0.1) is 6.10 Å². The number of aliphatic hydroxyl groups is 1. The van der Waals surface area contributed by atoms with Crippen molar-refractivity contribution in [3.05, 3.63) is 47.7 Å². The molecule has 30 heteroatoms. The minimum Gasteiger partial charge on any atom is -0.458 e. The number of nitrogens with zero attached hydrogens (tertiary/aromatic N) is 1. The molecule has 2 aliphatic heterocycles. The lowest BCUT2D eigenvalue weighted by Crippen LogP contribution is -2.64. The zero-order valence-corrected chi connectivity index (χ0v) is 65.2. The zero-order chi connectivity index (χ0) is 79.4. The van der Waals surface area contributed by atoms with Crippen LogP contribution in [0.1, 0.15) is 195 Å². The van der Waals surface area contributed by atoms with Crippen LogP contribution in [-0.2, 0) is 78.3 Å². The number of hydrogen-bond acceptors (Lipinski definition) is 17. The van der Waals surface area contributed by atoms with Crippen molar-refractivity contribution in [3.8, 4) is 0 Å². The molecule has 105 heavy (non-hydrogen) atoms. The van der Waals surface area contributed by atoms with Crippen LogP contribution in [0.3, 0.4) is 0 Å². The average molecular weight is 1480 g/mol. The Balaban J connectivity index is 2.00. The lowest BCUT2D eigenvalue weighted by Gasteiger charge is -2.33. The van der Waals surface area contributed by atoms with Crippen molar-refractivity contribution in [1.29, 1.82) is 0 Å². The van der Waals surface area contributed by atoms with Crippen molar-refractivity contribution in [2.75, 3.05) is 13.1 Å². The molecule has 1 unspecified atom stereocenters. The van der Waals surface area contributed by atoms with E-state index < -0.39 is 203 Å². The molecule has 1 aromatic carbocycles. The van der Waals surface area contributed by atoms with Crippen LogP contribution in [0, 0.1) is 47.3 Å². The number of amides is 13. The molecule has 2 fully saturated rings. The van der Waals surface area contributed by atoms with E-state index in [2.05, 4.69) is 63.8 Å². The van der Waals surface area contributed by atoms with Gasteiger partial charge in [-0.3, -0.25) is 62.3 Å². The van der Waals surface area contributed by atoms with Gasteiger partial charge in [0.25, 0.3) is 5.91 Å². The molecule has 2 aliphatic rings. The SMILES string of the molecule is C/C=C1\NC(=O)[C@H](Cc2ccccc2)NC(=O)[C@@H](C(C)C)NC(=O)[C@@H]([C@@H](C)CC)NC(=O)[C@H](NC(=O)[C@H](NC(=O)[C@H](CCCN)NC(=O)[C@H]2CCCN2C(=O)[C@H](NC(=O)[C@@H](NC(=O)[C@@H](NC(=O)[C@H](NC(=O)CCCC(C)C)C(C)C)[C@@H](C)O)C(C)C)C(C)C)C(C)CC)[C@@H](C)OC(=O)[C@H](C(C)C)NC1=O. The number of carbonyl (C=O) groups excluding carboxylic acids is 14. The highest BCUT2D eigenvalue weighted by molar-refractivity contribution is 6.03. The molecule has 0 bridgehead atoms. The van der Waals surface area contributed by atoms with Gasteiger partial charge in [-0.15, -0.1) is 0 Å². The molecule has 2 heterocycles. The third-order valence-corrected chi connectivity index (χ3v) is 19.3. The third-order valence-electron chi connectivity index (χ3n) is 19.3. The number of hydrogen-bond donors (Lipinski definition) is 14. The summed E-state index contributed by atoms with van der Waals surface area (Å²) in [6, 6.07) is -7.67. The van der Waals surface area contributed by atoms with Crippen molar-refractivity contribution < 1.29 is 77.0 Å². The smallest absolute Gasteiger partial charge is 0.329 e. The quantitative estimate of drug-likeness (QED) is 0.0353. The van der Waals surface area contributed by atoms with Crippen LogP contribution in [0.25, 0.3) is 0 Å². The van der Waals surface area contributed by atoms with E-state index in [0.717, 1.165) is 6.42 Å². The van der Waals surface area contributed by atoms with Crippen molar-refractivity contribution in [1.82, 2.24) is 68.7 Å². The lowest BCUT2D eigenvalue weighted by molar-refractivity contribution is -0.157. The van der Waals surface area contributed by atoms with Gasteiger partial charge in [0, 0.05) is 19.4 Å². The topological polar surface area (TPSA) is 442 Å². The van der Waals surface area contributed by atoms with Gasteiger partial charge in [-0.05, 0) is 112 Å². The Labute approximate surface area is 620 Å². The number of esters is 1. The first-order chi connectivity index (χ1) is 49.2. The highest BCUT2D eigenvalue weighted by Crippen LogP contribution is 2.23. The summed E-state index contributed by atoms with van der Waals surface area (Å²) in [4.78, 5) is 202. The highest BCUT2D eigenvalue weighted by atomic mass is 16.5. The Bertz CT molecular complexity index is 3160. The highest BCUT2D eigenvalue weighted by Gasteiger charge is 2.44. The number of allylic oxidation sites excluding steroid dienone is 1. The van der Waals surface area contributed by atoms with E-state index in [0.29, 0.717) is 30.7 Å². The van der Waals surface area contributed by atoms with Gasteiger partial charge in [-0.2, -0.15) is 0 Å². The standard InChI is InChI=1S/C75H124N14O16/c1-20-44(16)59(71(100)88-62-47(19)105-75(104)58(43(14)15)84-63(92)49(22-3)77-65(94)51(37-48-30-24-23-25-31-48)79-67(96)55(40(8)9)81-70(99)60(45(17)21-2)86-73(62)102)85-64(93)50(32-27-35-76)78-66(95)52-33-28-36-89(52)74(103)57(42(12)13)83-69(98)56(41(10)11)82-72(101)61(46(18)90)87-68(97)54(39(6)7)80-53(91)34-26-29-38(4)5/h22-25,30-31,38-47,50-52,54-62,90H,20-21,26-29,32-37,76H2,1-19H3,(H,77,94)(H,78,95)(H,79,96)(H,80,91)(H,81,99)(H,82,101)(H,83,98)(H,84,92)(H,85,93)(H,86,102)(H,87,97)(H,88,100)/b49-22-/t44?,45-,46+,47+,50-,51-,52+,54+,55+,56-,57+,58-,59+,60+,61-,62+/m0/s1. The summed E-state index contributed by atoms with van der Waals surface area (Å²) in [5.74, 6) is -15.1. The molecule has 1 aromatic rings. The maximum atomic E-state index is 15.0. The summed E-state index contributed by atoms with van der Waals surface area (Å²) < 4.78 is 5.96.